The van der Waals surface area contributed by atoms with Gasteiger partial charge in [0, 0.05) is 30.1 Å². The first kappa shape index (κ1) is 15.9. The fourth-order valence-corrected chi connectivity index (χ4v) is 2.48. The van der Waals surface area contributed by atoms with Crippen LogP contribution in [0.1, 0.15) is 24.5 Å². The Labute approximate surface area is 127 Å². The van der Waals surface area contributed by atoms with E-state index in [4.69, 9.17) is 4.74 Å². The highest BCUT2D eigenvalue weighted by Crippen LogP contribution is 2.17. The molecule has 0 aliphatic carbocycles. The molecule has 0 saturated heterocycles. The molecule has 3 nitrogen and oxygen atoms in total. The third-order valence-corrected chi connectivity index (χ3v) is 3.55. The van der Waals surface area contributed by atoms with Crippen molar-refractivity contribution >= 4 is 11.3 Å². The Morgan fingerprint density at radius 3 is 2.62 bits per heavy atom. The largest absolute Gasteiger partial charge is 0.487 e. The van der Waals surface area contributed by atoms with Gasteiger partial charge >= 0.3 is 0 Å². The molecule has 0 unspecified atom stereocenters. The highest BCUT2D eigenvalue weighted by Gasteiger charge is 2.05. The second-order valence-corrected chi connectivity index (χ2v) is 6.09. The summed E-state index contributed by atoms with van der Waals surface area (Å²) >= 11 is 1.54. The Morgan fingerprint density at radius 1 is 1.24 bits per heavy atom. The Hall–Kier alpha value is -1.53. The lowest BCUT2D eigenvalue weighted by Gasteiger charge is -2.05. The van der Waals surface area contributed by atoms with Gasteiger partial charge in [0.2, 0.25) is 0 Å². The molecule has 0 saturated carbocycles. The van der Waals surface area contributed by atoms with E-state index >= 15 is 0 Å². The van der Waals surface area contributed by atoms with Crippen LogP contribution >= 0.6 is 11.3 Å². The summed E-state index contributed by atoms with van der Waals surface area (Å²) < 4.78 is 31.4. The SMILES string of the molecule is CC(C)CNCc1nc(COc2cc(F)cc(F)c2)cs1. The van der Waals surface area contributed by atoms with Crippen LogP contribution in [-0.2, 0) is 13.2 Å². The van der Waals surface area contributed by atoms with Crippen molar-refractivity contribution in [3.05, 3.63) is 45.9 Å². The third-order valence-electron chi connectivity index (χ3n) is 2.65. The molecular weight excluding hydrogens is 294 g/mol. The number of halogens is 2. The van der Waals surface area contributed by atoms with Gasteiger partial charge in [-0.25, -0.2) is 13.8 Å². The smallest absolute Gasteiger partial charge is 0.131 e. The van der Waals surface area contributed by atoms with Crippen LogP contribution in [0.15, 0.2) is 23.6 Å². The second kappa shape index (κ2) is 7.47. The molecule has 0 spiro atoms. The Morgan fingerprint density at radius 2 is 1.95 bits per heavy atom. The summed E-state index contributed by atoms with van der Waals surface area (Å²) in [5.41, 5.74) is 0.756. The van der Waals surface area contributed by atoms with Crippen LogP contribution in [0.4, 0.5) is 8.78 Å². The van der Waals surface area contributed by atoms with E-state index in [9.17, 15) is 8.78 Å². The molecule has 21 heavy (non-hydrogen) atoms. The van der Waals surface area contributed by atoms with Crippen molar-refractivity contribution in [3.63, 3.8) is 0 Å². The monoisotopic (exact) mass is 312 g/mol. The summed E-state index contributed by atoms with van der Waals surface area (Å²) in [7, 11) is 0. The van der Waals surface area contributed by atoms with Crippen molar-refractivity contribution < 1.29 is 13.5 Å². The molecule has 1 N–H and O–H groups in total. The van der Waals surface area contributed by atoms with E-state index in [0.29, 0.717) is 5.92 Å². The van der Waals surface area contributed by atoms with Gasteiger partial charge in [-0.05, 0) is 12.5 Å². The number of nitrogens with zero attached hydrogens (tertiary/aromatic N) is 1. The minimum Gasteiger partial charge on any atom is -0.487 e. The number of ether oxygens (including phenoxy) is 1. The number of rotatable bonds is 7. The van der Waals surface area contributed by atoms with E-state index < -0.39 is 11.6 Å². The van der Waals surface area contributed by atoms with Crippen molar-refractivity contribution in [1.29, 1.82) is 0 Å². The van der Waals surface area contributed by atoms with E-state index in [1.165, 1.54) is 0 Å². The fourth-order valence-electron chi connectivity index (χ4n) is 1.73. The molecule has 0 bridgehead atoms. The summed E-state index contributed by atoms with van der Waals surface area (Å²) in [5, 5.41) is 6.17. The van der Waals surface area contributed by atoms with Gasteiger partial charge in [0.25, 0.3) is 0 Å². The van der Waals surface area contributed by atoms with Crippen LogP contribution in [0.5, 0.6) is 5.75 Å². The summed E-state index contributed by atoms with van der Waals surface area (Å²) in [6.07, 6.45) is 0. The van der Waals surface area contributed by atoms with Gasteiger partial charge in [-0.3, -0.25) is 0 Å². The van der Waals surface area contributed by atoms with E-state index in [-0.39, 0.29) is 12.4 Å². The maximum atomic E-state index is 13.0. The molecule has 0 fully saturated rings. The average molecular weight is 312 g/mol. The summed E-state index contributed by atoms with van der Waals surface area (Å²) in [6, 6.07) is 3.12. The first-order chi connectivity index (χ1) is 10.0. The van der Waals surface area contributed by atoms with Crippen LogP contribution in [0.25, 0.3) is 0 Å². The number of hydrogen-bond acceptors (Lipinski definition) is 4. The quantitative estimate of drug-likeness (QED) is 0.845. The lowest BCUT2D eigenvalue weighted by Crippen LogP contribution is -2.18. The zero-order valence-electron chi connectivity index (χ0n) is 12.0. The zero-order valence-corrected chi connectivity index (χ0v) is 12.8. The van der Waals surface area contributed by atoms with Crippen molar-refractivity contribution in [2.24, 2.45) is 5.92 Å². The zero-order chi connectivity index (χ0) is 15.2. The van der Waals surface area contributed by atoms with E-state index in [2.05, 4.69) is 24.1 Å². The topological polar surface area (TPSA) is 34.2 Å². The van der Waals surface area contributed by atoms with Crippen molar-refractivity contribution in [3.8, 4) is 5.75 Å². The first-order valence-electron chi connectivity index (χ1n) is 6.76. The van der Waals surface area contributed by atoms with Gasteiger partial charge in [0.15, 0.2) is 0 Å². The lowest BCUT2D eigenvalue weighted by molar-refractivity contribution is 0.298. The molecule has 1 aromatic heterocycles. The second-order valence-electron chi connectivity index (χ2n) is 5.15. The van der Waals surface area contributed by atoms with Crippen molar-refractivity contribution in [1.82, 2.24) is 10.3 Å². The number of thiazole rings is 1. The predicted molar refractivity (Wildman–Crippen MR) is 79.3 cm³/mol. The summed E-state index contributed by atoms with van der Waals surface area (Å²) in [5.74, 6) is -0.542. The Kier molecular flexibility index (Phi) is 5.64. The van der Waals surface area contributed by atoms with Crippen molar-refractivity contribution in [2.75, 3.05) is 6.54 Å². The predicted octanol–water partition coefficient (Wildman–Crippen LogP) is 3.75. The van der Waals surface area contributed by atoms with E-state index in [1.807, 2.05) is 5.38 Å². The Bertz CT molecular complexity index is 567. The molecule has 114 valence electrons. The maximum absolute atomic E-state index is 13.0. The number of aromatic nitrogens is 1. The molecule has 0 atom stereocenters. The number of hydrogen-bond donors (Lipinski definition) is 1. The maximum Gasteiger partial charge on any atom is 0.131 e. The highest BCUT2D eigenvalue weighted by molar-refractivity contribution is 7.09. The van der Waals surface area contributed by atoms with Crippen LogP contribution < -0.4 is 10.1 Å². The van der Waals surface area contributed by atoms with Crippen LogP contribution in [0, 0.1) is 17.6 Å². The molecule has 1 heterocycles. The molecule has 0 aliphatic rings. The molecular formula is C15H18F2N2OS. The molecule has 0 amide bonds. The van der Waals surface area contributed by atoms with E-state index in [0.717, 1.165) is 42.0 Å². The summed E-state index contributed by atoms with van der Waals surface area (Å²) in [4.78, 5) is 4.41. The van der Waals surface area contributed by atoms with Crippen LogP contribution in [0.2, 0.25) is 0 Å². The van der Waals surface area contributed by atoms with Gasteiger partial charge in [0.05, 0.1) is 5.69 Å². The minimum atomic E-state index is -0.651. The molecule has 2 aromatic rings. The van der Waals surface area contributed by atoms with Gasteiger partial charge in [-0.15, -0.1) is 11.3 Å². The standard InChI is InChI=1S/C15H18F2N2OS/c1-10(2)6-18-7-15-19-13(9-21-15)8-20-14-4-11(16)3-12(17)5-14/h3-5,9-10,18H,6-8H2,1-2H3. The Balaban J connectivity index is 1.85. The third kappa shape index (κ3) is 5.40. The molecule has 6 heteroatoms. The molecule has 0 radical (unpaired) electrons. The van der Waals surface area contributed by atoms with Gasteiger partial charge in [-0.2, -0.15) is 0 Å². The highest BCUT2D eigenvalue weighted by atomic mass is 32.1. The van der Waals surface area contributed by atoms with E-state index in [1.54, 1.807) is 11.3 Å². The molecule has 1 aromatic carbocycles. The summed E-state index contributed by atoms with van der Waals surface area (Å²) in [6.45, 7) is 6.15. The minimum absolute atomic E-state index is 0.167. The molecule has 0 aliphatic heterocycles. The first-order valence-corrected chi connectivity index (χ1v) is 7.64. The fraction of sp³-hybridized carbons (Fsp3) is 0.400. The van der Waals surface area contributed by atoms with Crippen LogP contribution in [-0.4, -0.2) is 11.5 Å². The van der Waals surface area contributed by atoms with Crippen LogP contribution in [0.3, 0.4) is 0 Å². The lowest BCUT2D eigenvalue weighted by atomic mass is 10.2. The number of nitrogens with one attached hydrogen (secondary N) is 1. The number of benzene rings is 1. The molecule has 2 rings (SSSR count). The van der Waals surface area contributed by atoms with Gasteiger partial charge in [-0.1, -0.05) is 13.8 Å². The van der Waals surface area contributed by atoms with Gasteiger partial charge in [0.1, 0.15) is 29.0 Å². The normalized spacial score (nSPS) is 11.1. The van der Waals surface area contributed by atoms with Crippen molar-refractivity contribution in [2.45, 2.75) is 27.0 Å². The van der Waals surface area contributed by atoms with Gasteiger partial charge < -0.3 is 10.1 Å². The average Bonchev–Trinajstić information content (AvgIpc) is 2.83.